The van der Waals surface area contributed by atoms with Gasteiger partial charge < -0.3 is 5.32 Å². The van der Waals surface area contributed by atoms with Gasteiger partial charge in [-0.15, -0.1) is 0 Å². The summed E-state index contributed by atoms with van der Waals surface area (Å²) in [5.41, 5.74) is 0. The van der Waals surface area contributed by atoms with Crippen LogP contribution in [0.4, 0.5) is 0 Å². The van der Waals surface area contributed by atoms with Crippen LogP contribution in [0.5, 0.6) is 0 Å². The van der Waals surface area contributed by atoms with Gasteiger partial charge in [-0.05, 0) is 44.7 Å². The number of hydrogen-bond donors (Lipinski definition) is 2. The van der Waals surface area contributed by atoms with E-state index in [0.29, 0.717) is 19.0 Å². The number of rotatable bonds is 3. The van der Waals surface area contributed by atoms with Crippen molar-refractivity contribution in [2.75, 3.05) is 26.2 Å². The molecule has 2 N–H and O–H groups in total. The van der Waals surface area contributed by atoms with Gasteiger partial charge in [0.15, 0.2) is 0 Å². The van der Waals surface area contributed by atoms with Gasteiger partial charge in [-0.1, -0.05) is 6.92 Å². The molecule has 2 aliphatic rings. The van der Waals surface area contributed by atoms with Gasteiger partial charge in [-0.25, -0.2) is 0 Å². The highest BCUT2D eigenvalue weighted by atomic mass is 32.2. The normalized spacial score (nSPS) is 29.4. The first-order chi connectivity index (χ1) is 8.08. The topological polar surface area (TPSA) is 61.4 Å². The Hall–Kier alpha value is -0.170. The van der Waals surface area contributed by atoms with Gasteiger partial charge in [0.05, 0.1) is 0 Å². The monoisotopic (exact) mass is 261 g/mol. The molecule has 2 heterocycles. The number of piperidine rings is 2. The molecule has 0 aliphatic carbocycles. The minimum Gasteiger partial charge on any atom is -0.317 e. The van der Waals surface area contributed by atoms with Crippen LogP contribution >= 0.6 is 0 Å². The van der Waals surface area contributed by atoms with E-state index in [1.54, 1.807) is 4.31 Å². The maximum atomic E-state index is 12.2. The molecule has 0 saturated carbocycles. The highest BCUT2D eigenvalue weighted by Gasteiger charge is 2.29. The van der Waals surface area contributed by atoms with Crippen LogP contribution < -0.4 is 10.0 Å². The molecule has 5 nitrogen and oxygen atoms in total. The maximum Gasteiger partial charge on any atom is 0.279 e. The van der Waals surface area contributed by atoms with E-state index in [1.165, 1.54) is 0 Å². The van der Waals surface area contributed by atoms with Crippen LogP contribution in [0.1, 0.15) is 32.6 Å². The van der Waals surface area contributed by atoms with Crippen molar-refractivity contribution in [3.63, 3.8) is 0 Å². The third kappa shape index (κ3) is 3.64. The molecule has 2 fully saturated rings. The molecule has 2 saturated heterocycles. The Balaban J connectivity index is 1.92. The summed E-state index contributed by atoms with van der Waals surface area (Å²) in [4.78, 5) is 0. The maximum absolute atomic E-state index is 12.2. The Labute approximate surface area is 104 Å². The van der Waals surface area contributed by atoms with E-state index in [2.05, 4.69) is 17.0 Å². The first-order valence-corrected chi connectivity index (χ1v) is 8.00. The molecule has 1 atom stereocenters. The van der Waals surface area contributed by atoms with Crippen LogP contribution in [-0.2, 0) is 10.2 Å². The fourth-order valence-corrected chi connectivity index (χ4v) is 4.22. The first kappa shape index (κ1) is 13.3. The van der Waals surface area contributed by atoms with Crippen molar-refractivity contribution in [1.29, 1.82) is 0 Å². The lowest BCUT2D eigenvalue weighted by Gasteiger charge is -2.32. The lowest BCUT2D eigenvalue weighted by molar-refractivity contribution is 0.274. The number of nitrogens with one attached hydrogen (secondary N) is 2. The summed E-state index contributed by atoms with van der Waals surface area (Å²) in [6.07, 6.45) is 3.90. The molecule has 0 aromatic heterocycles. The zero-order valence-corrected chi connectivity index (χ0v) is 11.3. The van der Waals surface area contributed by atoms with Crippen molar-refractivity contribution in [3.05, 3.63) is 0 Å². The average molecular weight is 261 g/mol. The fraction of sp³-hybridized carbons (Fsp3) is 1.00. The van der Waals surface area contributed by atoms with Gasteiger partial charge >= 0.3 is 0 Å². The molecular formula is C11H23N3O2S. The summed E-state index contributed by atoms with van der Waals surface area (Å²) in [5, 5.41) is 3.24. The predicted octanol–water partition coefficient (Wildman–Crippen LogP) is 0.305. The van der Waals surface area contributed by atoms with Crippen LogP contribution in [0.2, 0.25) is 0 Å². The van der Waals surface area contributed by atoms with E-state index in [1.807, 2.05) is 0 Å². The summed E-state index contributed by atoms with van der Waals surface area (Å²) >= 11 is 0. The van der Waals surface area contributed by atoms with Gasteiger partial charge in [0.25, 0.3) is 10.2 Å². The SMILES string of the molecule is CC1CCCN(S(=O)(=O)NC2CCNCC2)C1. The van der Waals surface area contributed by atoms with Gasteiger partial charge in [-0.2, -0.15) is 17.4 Å². The summed E-state index contributed by atoms with van der Waals surface area (Å²) in [7, 11) is -3.26. The fourth-order valence-electron chi connectivity index (χ4n) is 2.59. The third-order valence-electron chi connectivity index (χ3n) is 3.61. The third-order valence-corrected chi connectivity index (χ3v) is 5.26. The molecule has 0 spiro atoms. The molecule has 2 aliphatic heterocycles. The van der Waals surface area contributed by atoms with Gasteiger partial charge in [0, 0.05) is 19.1 Å². The Morgan fingerprint density at radius 2 is 1.94 bits per heavy atom. The average Bonchev–Trinajstić information content (AvgIpc) is 2.30. The minimum atomic E-state index is -3.26. The zero-order valence-electron chi connectivity index (χ0n) is 10.5. The summed E-state index contributed by atoms with van der Waals surface area (Å²) in [6.45, 7) is 5.27. The van der Waals surface area contributed by atoms with Crippen LogP contribution in [0.15, 0.2) is 0 Å². The van der Waals surface area contributed by atoms with Gasteiger partial charge in [-0.3, -0.25) is 0 Å². The van der Waals surface area contributed by atoms with Crippen LogP contribution in [0.25, 0.3) is 0 Å². The highest BCUT2D eigenvalue weighted by molar-refractivity contribution is 7.87. The van der Waals surface area contributed by atoms with E-state index in [9.17, 15) is 8.42 Å². The molecule has 2 rings (SSSR count). The second-order valence-electron chi connectivity index (χ2n) is 5.25. The number of nitrogens with zero attached hydrogens (tertiary/aromatic N) is 1. The van der Waals surface area contributed by atoms with E-state index in [-0.39, 0.29) is 6.04 Å². The Morgan fingerprint density at radius 3 is 2.59 bits per heavy atom. The van der Waals surface area contributed by atoms with Crippen molar-refractivity contribution in [3.8, 4) is 0 Å². The molecule has 0 aromatic carbocycles. The molecule has 0 amide bonds. The van der Waals surface area contributed by atoms with Gasteiger partial charge in [0.2, 0.25) is 0 Å². The Kier molecular flexibility index (Phi) is 4.41. The largest absolute Gasteiger partial charge is 0.317 e. The quantitative estimate of drug-likeness (QED) is 0.768. The van der Waals surface area contributed by atoms with E-state index in [0.717, 1.165) is 38.8 Å². The number of hydrogen-bond acceptors (Lipinski definition) is 3. The van der Waals surface area contributed by atoms with Crippen molar-refractivity contribution in [2.45, 2.75) is 38.6 Å². The van der Waals surface area contributed by atoms with Crippen LogP contribution in [0.3, 0.4) is 0 Å². The van der Waals surface area contributed by atoms with E-state index in [4.69, 9.17) is 0 Å². The van der Waals surface area contributed by atoms with Crippen LogP contribution in [-0.4, -0.2) is 44.9 Å². The van der Waals surface area contributed by atoms with Crippen molar-refractivity contribution in [1.82, 2.24) is 14.3 Å². The molecule has 0 aromatic rings. The first-order valence-electron chi connectivity index (χ1n) is 6.56. The summed E-state index contributed by atoms with van der Waals surface area (Å²) < 4.78 is 28.8. The molecule has 0 bridgehead atoms. The lowest BCUT2D eigenvalue weighted by atomic mass is 10.0. The Morgan fingerprint density at radius 1 is 1.24 bits per heavy atom. The minimum absolute atomic E-state index is 0.110. The Bertz CT molecular complexity index is 339. The second-order valence-corrected chi connectivity index (χ2v) is 6.95. The van der Waals surface area contributed by atoms with Crippen molar-refractivity contribution in [2.24, 2.45) is 5.92 Å². The molecular weight excluding hydrogens is 238 g/mol. The van der Waals surface area contributed by atoms with Crippen molar-refractivity contribution >= 4 is 10.2 Å². The second kappa shape index (κ2) is 5.65. The van der Waals surface area contributed by atoms with E-state index < -0.39 is 10.2 Å². The molecule has 0 radical (unpaired) electrons. The van der Waals surface area contributed by atoms with Crippen LogP contribution in [0, 0.1) is 5.92 Å². The highest BCUT2D eigenvalue weighted by Crippen LogP contribution is 2.18. The molecule has 17 heavy (non-hydrogen) atoms. The van der Waals surface area contributed by atoms with Gasteiger partial charge in [0.1, 0.15) is 0 Å². The zero-order chi connectivity index (χ0) is 12.3. The summed E-state index contributed by atoms with van der Waals surface area (Å²) in [5.74, 6) is 0.480. The molecule has 1 unspecified atom stereocenters. The molecule has 100 valence electrons. The lowest BCUT2D eigenvalue weighted by Crippen LogP contribution is -2.51. The van der Waals surface area contributed by atoms with Crippen molar-refractivity contribution < 1.29 is 8.42 Å². The smallest absolute Gasteiger partial charge is 0.279 e. The standard InChI is InChI=1S/C11H23N3O2S/c1-10-3-2-8-14(9-10)17(15,16)13-11-4-6-12-7-5-11/h10-13H,2-9H2,1H3. The summed E-state index contributed by atoms with van der Waals surface area (Å²) in [6, 6.07) is 0.110. The molecule has 6 heteroatoms. The predicted molar refractivity (Wildman–Crippen MR) is 67.9 cm³/mol. The van der Waals surface area contributed by atoms with E-state index >= 15 is 0 Å².